The zero-order valence-electron chi connectivity index (χ0n) is 14.8. The molecule has 2 amide bonds. The van der Waals surface area contributed by atoms with Crippen molar-refractivity contribution in [1.29, 1.82) is 0 Å². The lowest BCUT2D eigenvalue weighted by molar-refractivity contribution is -0.121. The number of benzene rings is 1. The number of rotatable bonds is 6. The number of anilines is 2. The number of halogens is 1. The minimum Gasteiger partial charge on any atom is -0.326 e. The average Bonchev–Trinajstić information content (AvgIpc) is 3.10. The van der Waals surface area contributed by atoms with Crippen molar-refractivity contribution in [1.82, 2.24) is 9.88 Å². The van der Waals surface area contributed by atoms with E-state index in [0.29, 0.717) is 10.8 Å². The van der Waals surface area contributed by atoms with Gasteiger partial charge in [-0.1, -0.05) is 6.58 Å². The third kappa shape index (κ3) is 5.45. The number of nitrogens with one attached hydrogen (secondary N) is 2. The Labute approximate surface area is 161 Å². The molecule has 1 aromatic heterocycles. The predicted molar refractivity (Wildman–Crippen MR) is 104 cm³/mol. The highest BCUT2D eigenvalue weighted by atomic mass is 32.1. The first-order valence-corrected chi connectivity index (χ1v) is 9.52. The largest absolute Gasteiger partial charge is 0.326 e. The number of carbonyl (C=O) groups is 2. The Kier molecular flexibility index (Phi) is 6.31. The number of hydrogen-bond acceptors (Lipinski definition) is 5. The molecule has 3 rings (SSSR count). The van der Waals surface area contributed by atoms with Crippen molar-refractivity contribution in [3.05, 3.63) is 53.8 Å². The molecule has 8 heteroatoms. The van der Waals surface area contributed by atoms with E-state index in [0.717, 1.165) is 37.4 Å². The second kappa shape index (κ2) is 8.88. The molecule has 1 aromatic carbocycles. The van der Waals surface area contributed by atoms with E-state index in [2.05, 4.69) is 27.1 Å². The highest BCUT2D eigenvalue weighted by Gasteiger charge is 2.25. The summed E-state index contributed by atoms with van der Waals surface area (Å²) in [5.74, 6) is -0.663. The molecule has 1 aliphatic heterocycles. The van der Waals surface area contributed by atoms with E-state index in [1.807, 2.05) is 0 Å². The number of amides is 2. The summed E-state index contributed by atoms with van der Waals surface area (Å²) in [6, 6.07) is 5.79. The first-order chi connectivity index (χ1) is 13.0. The number of likely N-dealkylation sites (tertiary alicyclic amines) is 1. The molecule has 1 aliphatic rings. The van der Waals surface area contributed by atoms with Crippen molar-refractivity contribution < 1.29 is 14.0 Å². The number of nitrogens with zero attached hydrogens (tertiary/aromatic N) is 2. The molecule has 27 heavy (non-hydrogen) atoms. The van der Waals surface area contributed by atoms with Crippen LogP contribution in [0.3, 0.4) is 0 Å². The fourth-order valence-electron chi connectivity index (χ4n) is 2.95. The fraction of sp³-hybridized carbons (Fsp3) is 0.316. The molecule has 0 aliphatic carbocycles. The second-order valence-corrected chi connectivity index (χ2v) is 7.49. The Hall–Kier alpha value is -2.58. The van der Waals surface area contributed by atoms with Gasteiger partial charge in [-0.2, -0.15) is 0 Å². The summed E-state index contributed by atoms with van der Waals surface area (Å²) in [5.41, 5.74) is 0.614. The van der Waals surface area contributed by atoms with Crippen LogP contribution < -0.4 is 10.6 Å². The lowest BCUT2D eigenvalue weighted by Gasteiger charge is -2.30. The smallest absolute Gasteiger partial charge is 0.249 e. The molecule has 0 atom stereocenters. The van der Waals surface area contributed by atoms with Gasteiger partial charge in [0.05, 0.1) is 0 Å². The molecule has 142 valence electrons. The van der Waals surface area contributed by atoms with Gasteiger partial charge in [0.25, 0.3) is 0 Å². The monoisotopic (exact) mass is 388 g/mol. The molecule has 0 saturated carbocycles. The Morgan fingerprint density at radius 3 is 2.63 bits per heavy atom. The predicted octanol–water partition coefficient (Wildman–Crippen LogP) is 3.26. The summed E-state index contributed by atoms with van der Waals surface area (Å²) in [6.45, 7) is 5.79. The van der Waals surface area contributed by atoms with E-state index >= 15 is 0 Å². The number of carbonyl (C=O) groups excluding carboxylic acids is 2. The maximum absolute atomic E-state index is 12.9. The molecule has 2 N–H and O–H groups in total. The van der Waals surface area contributed by atoms with Gasteiger partial charge in [0.2, 0.25) is 11.8 Å². The molecule has 1 saturated heterocycles. The summed E-state index contributed by atoms with van der Waals surface area (Å²) in [5, 5.41) is 6.06. The zero-order valence-corrected chi connectivity index (χ0v) is 15.6. The van der Waals surface area contributed by atoms with Gasteiger partial charge in [0.15, 0.2) is 5.13 Å². The van der Waals surface area contributed by atoms with Gasteiger partial charge in [0, 0.05) is 29.2 Å². The Bertz CT molecular complexity index is 813. The van der Waals surface area contributed by atoms with Crippen LogP contribution in [0.5, 0.6) is 0 Å². The number of aromatic nitrogens is 1. The summed E-state index contributed by atoms with van der Waals surface area (Å²) < 4.78 is 12.9. The van der Waals surface area contributed by atoms with E-state index in [1.165, 1.54) is 29.5 Å². The van der Waals surface area contributed by atoms with Crippen molar-refractivity contribution in [3.8, 4) is 0 Å². The molecular weight excluding hydrogens is 367 g/mol. The Morgan fingerprint density at radius 2 is 1.96 bits per heavy atom. The third-order valence-electron chi connectivity index (χ3n) is 4.42. The lowest BCUT2D eigenvalue weighted by atomic mass is 9.96. The zero-order chi connectivity index (χ0) is 19.2. The van der Waals surface area contributed by atoms with Gasteiger partial charge >= 0.3 is 0 Å². The van der Waals surface area contributed by atoms with Crippen molar-refractivity contribution in [2.45, 2.75) is 19.4 Å². The summed E-state index contributed by atoms with van der Waals surface area (Å²) in [4.78, 5) is 31.2. The van der Waals surface area contributed by atoms with E-state index in [9.17, 15) is 14.0 Å². The minimum atomic E-state index is -0.323. The first-order valence-electron chi connectivity index (χ1n) is 8.70. The maximum Gasteiger partial charge on any atom is 0.249 e. The standard InChI is InChI=1S/C19H21FN4O2S/c1-2-17(25)23-19-21-11-16(27-19)12-24-9-7-13(8-10-24)18(26)22-15-5-3-14(20)4-6-15/h2-6,11,13H,1,7-10,12H2,(H,22,26)(H,21,23,25). The van der Waals surface area contributed by atoms with E-state index in [1.54, 1.807) is 18.3 Å². The topological polar surface area (TPSA) is 74.3 Å². The summed E-state index contributed by atoms with van der Waals surface area (Å²) >= 11 is 1.44. The molecule has 0 unspecified atom stereocenters. The first kappa shape index (κ1) is 19.2. The molecule has 6 nitrogen and oxygen atoms in total. The average molecular weight is 388 g/mol. The van der Waals surface area contributed by atoms with Crippen LogP contribution in [0.15, 0.2) is 43.1 Å². The van der Waals surface area contributed by atoms with E-state index in [4.69, 9.17) is 0 Å². The fourth-order valence-corrected chi connectivity index (χ4v) is 3.80. The van der Waals surface area contributed by atoms with Crippen LogP contribution in [0.4, 0.5) is 15.2 Å². The van der Waals surface area contributed by atoms with Crippen molar-refractivity contribution in [2.75, 3.05) is 23.7 Å². The molecule has 0 bridgehead atoms. The van der Waals surface area contributed by atoms with Crippen molar-refractivity contribution in [2.24, 2.45) is 5.92 Å². The second-order valence-electron chi connectivity index (χ2n) is 6.37. The van der Waals surface area contributed by atoms with Gasteiger partial charge in [0.1, 0.15) is 5.82 Å². The molecule has 1 fully saturated rings. The van der Waals surface area contributed by atoms with Gasteiger partial charge in [-0.3, -0.25) is 19.8 Å². The molecule has 2 aromatic rings. The van der Waals surface area contributed by atoms with Crippen LogP contribution in [-0.2, 0) is 16.1 Å². The normalized spacial score (nSPS) is 15.3. The maximum atomic E-state index is 12.9. The highest BCUT2D eigenvalue weighted by molar-refractivity contribution is 7.15. The van der Waals surface area contributed by atoms with E-state index < -0.39 is 0 Å². The quantitative estimate of drug-likeness (QED) is 0.745. The number of hydrogen-bond donors (Lipinski definition) is 2. The minimum absolute atomic E-state index is 0.0199. The van der Waals surface area contributed by atoms with Crippen LogP contribution in [0, 0.1) is 11.7 Å². The van der Waals surface area contributed by atoms with Gasteiger partial charge in [-0.15, -0.1) is 11.3 Å². The van der Waals surface area contributed by atoms with Crippen LogP contribution >= 0.6 is 11.3 Å². The van der Waals surface area contributed by atoms with E-state index in [-0.39, 0.29) is 23.5 Å². The lowest BCUT2D eigenvalue weighted by Crippen LogP contribution is -2.37. The van der Waals surface area contributed by atoms with Crippen molar-refractivity contribution in [3.63, 3.8) is 0 Å². The van der Waals surface area contributed by atoms with Gasteiger partial charge < -0.3 is 5.32 Å². The highest BCUT2D eigenvalue weighted by Crippen LogP contribution is 2.24. The van der Waals surface area contributed by atoms with Crippen LogP contribution in [-0.4, -0.2) is 34.8 Å². The molecule has 0 spiro atoms. The molecule has 2 heterocycles. The van der Waals surface area contributed by atoms with Crippen LogP contribution in [0.2, 0.25) is 0 Å². The van der Waals surface area contributed by atoms with Crippen LogP contribution in [0.25, 0.3) is 0 Å². The van der Waals surface area contributed by atoms with Gasteiger partial charge in [-0.25, -0.2) is 9.37 Å². The molecular formula is C19H21FN4O2S. The Morgan fingerprint density at radius 1 is 1.26 bits per heavy atom. The molecule has 0 radical (unpaired) electrons. The third-order valence-corrected chi connectivity index (χ3v) is 5.32. The SMILES string of the molecule is C=CC(=O)Nc1ncc(CN2CCC(C(=O)Nc3ccc(F)cc3)CC2)s1. The van der Waals surface area contributed by atoms with Gasteiger partial charge in [-0.05, 0) is 56.3 Å². The number of piperidine rings is 1. The number of thiazole rings is 1. The summed E-state index contributed by atoms with van der Waals surface area (Å²) in [6.07, 6.45) is 4.51. The Balaban J connectivity index is 1.46. The van der Waals surface area contributed by atoms with Crippen LogP contribution in [0.1, 0.15) is 17.7 Å². The summed E-state index contributed by atoms with van der Waals surface area (Å²) in [7, 11) is 0. The van der Waals surface area contributed by atoms with Crippen molar-refractivity contribution >= 4 is 34.0 Å².